The highest BCUT2D eigenvalue weighted by molar-refractivity contribution is 7.71. The Morgan fingerprint density at radius 2 is 1.90 bits per heavy atom. The summed E-state index contributed by atoms with van der Waals surface area (Å²) in [6.07, 6.45) is 1.56. The second-order valence-corrected chi connectivity index (χ2v) is 7.79. The average molecular weight is 438 g/mol. The Labute approximate surface area is 186 Å². The molecule has 3 N–H and O–H groups in total. The first-order valence-electron chi connectivity index (χ1n) is 10.3. The van der Waals surface area contributed by atoms with E-state index >= 15 is 0 Å². The van der Waals surface area contributed by atoms with Gasteiger partial charge in [-0.1, -0.05) is 42.8 Å². The summed E-state index contributed by atoms with van der Waals surface area (Å²) >= 11 is 5.34. The first kappa shape index (κ1) is 22.4. The van der Waals surface area contributed by atoms with Crippen molar-refractivity contribution in [2.75, 3.05) is 5.32 Å². The molecule has 3 aromatic rings. The van der Waals surface area contributed by atoms with E-state index in [0.717, 1.165) is 34.6 Å². The molecule has 0 aliphatic rings. The molecule has 0 unspecified atom stereocenters. The van der Waals surface area contributed by atoms with Crippen molar-refractivity contribution in [3.63, 3.8) is 0 Å². The molecule has 2 aromatic carbocycles. The summed E-state index contributed by atoms with van der Waals surface area (Å²) in [5.41, 5.74) is 3.74. The van der Waals surface area contributed by atoms with Crippen molar-refractivity contribution in [3.8, 4) is 11.4 Å². The van der Waals surface area contributed by atoms with Gasteiger partial charge in [0.1, 0.15) is 0 Å². The zero-order valence-electron chi connectivity index (χ0n) is 17.8. The van der Waals surface area contributed by atoms with Crippen molar-refractivity contribution in [2.45, 2.75) is 46.2 Å². The summed E-state index contributed by atoms with van der Waals surface area (Å²) in [5.74, 6) is 0.626. The number of hydrogen-bond donors (Lipinski definition) is 3. The highest BCUT2D eigenvalue weighted by Crippen LogP contribution is 2.19. The molecule has 0 radical (unpaired) electrons. The smallest absolute Gasteiger partial charge is 0.224 e. The minimum absolute atomic E-state index is 0.00930. The van der Waals surface area contributed by atoms with Gasteiger partial charge in [-0.3, -0.25) is 19.3 Å². The maximum atomic E-state index is 12.4. The SMILES string of the molecule is CCCC(=O)Nc1cccc(CNC(=O)CCn2c(-c3cccc(C)c3)n[nH]c2=S)c1. The Balaban J connectivity index is 1.57. The third kappa shape index (κ3) is 6.36. The molecule has 7 nitrogen and oxygen atoms in total. The van der Waals surface area contributed by atoms with Gasteiger partial charge in [0, 0.05) is 37.2 Å². The van der Waals surface area contributed by atoms with Gasteiger partial charge in [-0.05, 0) is 49.3 Å². The van der Waals surface area contributed by atoms with Crippen molar-refractivity contribution >= 4 is 29.7 Å². The molecule has 0 spiro atoms. The van der Waals surface area contributed by atoms with Gasteiger partial charge in [-0.25, -0.2) is 0 Å². The van der Waals surface area contributed by atoms with Gasteiger partial charge in [0.2, 0.25) is 11.8 Å². The van der Waals surface area contributed by atoms with Gasteiger partial charge in [0.15, 0.2) is 10.6 Å². The molecule has 3 rings (SSSR count). The van der Waals surface area contributed by atoms with Crippen LogP contribution in [0.4, 0.5) is 5.69 Å². The van der Waals surface area contributed by atoms with Gasteiger partial charge >= 0.3 is 0 Å². The van der Waals surface area contributed by atoms with Crippen LogP contribution in [0.5, 0.6) is 0 Å². The molecule has 1 heterocycles. The average Bonchev–Trinajstić information content (AvgIpc) is 3.11. The second kappa shape index (κ2) is 10.7. The third-order valence-electron chi connectivity index (χ3n) is 4.77. The quantitative estimate of drug-likeness (QED) is 0.434. The molecular formula is C23H27N5O2S. The van der Waals surface area contributed by atoms with Crippen LogP contribution in [0.15, 0.2) is 48.5 Å². The zero-order chi connectivity index (χ0) is 22.2. The number of nitrogens with zero attached hydrogens (tertiary/aromatic N) is 2. The highest BCUT2D eigenvalue weighted by Gasteiger charge is 2.11. The summed E-state index contributed by atoms with van der Waals surface area (Å²) in [7, 11) is 0. The van der Waals surface area contributed by atoms with E-state index in [-0.39, 0.29) is 18.2 Å². The van der Waals surface area contributed by atoms with Gasteiger partial charge in [0.25, 0.3) is 0 Å². The van der Waals surface area contributed by atoms with Crippen LogP contribution in [-0.4, -0.2) is 26.6 Å². The van der Waals surface area contributed by atoms with Gasteiger partial charge in [-0.2, -0.15) is 5.10 Å². The molecule has 0 fully saturated rings. The molecule has 8 heteroatoms. The molecule has 0 atom stereocenters. The van der Waals surface area contributed by atoms with Crippen LogP contribution < -0.4 is 10.6 Å². The molecule has 0 saturated heterocycles. The van der Waals surface area contributed by atoms with Gasteiger partial charge in [-0.15, -0.1) is 0 Å². The van der Waals surface area contributed by atoms with Crippen molar-refractivity contribution in [2.24, 2.45) is 0 Å². The molecule has 0 saturated carbocycles. The summed E-state index contributed by atoms with van der Waals surface area (Å²) in [4.78, 5) is 24.2. The molecule has 31 heavy (non-hydrogen) atoms. The van der Waals surface area contributed by atoms with E-state index in [1.165, 1.54) is 0 Å². The van der Waals surface area contributed by atoms with E-state index in [4.69, 9.17) is 12.2 Å². The molecule has 0 aliphatic heterocycles. The van der Waals surface area contributed by atoms with Crippen molar-refractivity contribution < 1.29 is 9.59 Å². The number of amides is 2. The Morgan fingerprint density at radius 3 is 2.68 bits per heavy atom. The number of carbonyl (C=O) groups excluding carboxylic acids is 2. The predicted molar refractivity (Wildman–Crippen MR) is 124 cm³/mol. The van der Waals surface area contributed by atoms with E-state index in [9.17, 15) is 9.59 Å². The normalized spacial score (nSPS) is 10.6. The number of aromatic amines is 1. The third-order valence-corrected chi connectivity index (χ3v) is 5.09. The Morgan fingerprint density at radius 1 is 1.10 bits per heavy atom. The van der Waals surface area contributed by atoms with E-state index in [0.29, 0.717) is 24.3 Å². The number of aryl methyl sites for hydroxylation is 1. The monoisotopic (exact) mass is 437 g/mol. The number of H-pyrrole nitrogens is 1. The molecule has 162 valence electrons. The lowest BCUT2D eigenvalue weighted by molar-refractivity contribution is -0.121. The maximum absolute atomic E-state index is 12.4. The molecule has 2 amide bonds. The predicted octanol–water partition coefficient (Wildman–Crippen LogP) is 4.36. The summed E-state index contributed by atoms with van der Waals surface area (Å²) in [5, 5.41) is 12.9. The Kier molecular flexibility index (Phi) is 7.72. The van der Waals surface area contributed by atoms with Crippen LogP contribution in [0.1, 0.15) is 37.3 Å². The Hall–Kier alpha value is -3.26. The fraction of sp³-hybridized carbons (Fsp3) is 0.304. The first-order chi connectivity index (χ1) is 15.0. The van der Waals surface area contributed by atoms with Gasteiger partial charge in [0.05, 0.1) is 0 Å². The summed E-state index contributed by atoms with van der Waals surface area (Å²) < 4.78 is 2.33. The number of hydrogen-bond acceptors (Lipinski definition) is 4. The summed E-state index contributed by atoms with van der Waals surface area (Å²) in [6, 6.07) is 15.5. The molecule has 0 bridgehead atoms. The van der Waals surface area contributed by atoms with Crippen LogP contribution in [-0.2, 0) is 22.7 Å². The van der Waals surface area contributed by atoms with Crippen LogP contribution in [0, 0.1) is 11.7 Å². The topological polar surface area (TPSA) is 91.8 Å². The number of anilines is 1. The fourth-order valence-corrected chi connectivity index (χ4v) is 3.47. The number of carbonyl (C=O) groups is 2. The first-order valence-corrected chi connectivity index (χ1v) is 10.7. The van der Waals surface area contributed by atoms with E-state index in [2.05, 4.69) is 20.8 Å². The maximum Gasteiger partial charge on any atom is 0.224 e. The van der Waals surface area contributed by atoms with E-state index in [1.54, 1.807) is 0 Å². The van der Waals surface area contributed by atoms with Crippen molar-refractivity contribution in [3.05, 3.63) is 64.4 Å². The van der Waals surface area contributed by atoms with E-state index < -0.39 is 0 Å². The lowest BCUT2D eigenvalue weighted by atomic mass is 10.1. The van der Waals surface area contributed by atoms with Crippen molar-refractivity contribution in [1.29, 1.82) is 0 Å². The van der Waals surface area contributed by atoms with Gasteiger partial charge < -0.3 is 10.6 Å². The minimum Gasteiger partial charge on any atom is -0.352 e. The summed E-state index contributed by atoms with van der Waals surface area (Å²) in [6.45, 7) is 4.80. The lowest BCUT2D eigenvalue weighted by Crippen LogP contribution is -2.24. The van der Waals surface area contributed by atoms with Crippen LogP contribution in [0.2, 0.25) is 0 Å². The standard InChI is InChI=1S/C23H27N5O2S/c1-3-6-21(30)25-19-10-5-8-17(14-19)15-24-20(29)11-12-28-22(26-27-23(28)31)18-9-4-7-16(2)13-18/h4-5,7-10,13-14H,3,6,11-12,15H2,1-2H3,(H,24,29)(H,25,30)(H,27,31). The minimum atomic E-state index is -0.0845. The molecule has 1 aromatic heterocycles. The zero-order valence-corrected chi connectivity index (χ0v) is 18.6. The number of benzene rings is 2. The van der Waals surface area contributed by atoms with Crippen LogP contribution in [0.25, 0.3) is 11.4 Å². The van der Waals surface area contributed by atoms with Crippen LogP contribution >= 0.6 is 12.2 Å². The van der Waals surface area contributed by atoms with Crippen molar-refractivity contribution in [1.82, 2.24) is 20.1 Å². The number of rotatable bonds is 9. The molecule has 0 aliphatic carbocycles. The lowest BCUT2D eigenvalue weighted by Gasteiger charge is -2.10. The number of aromatic nitrogens is 3. The number of nitrogens with one attached hydrogen (secondary N) is 3. The largest absolute Gasteiger partial charge is 0.352 e. The fourth-order valence-electron chi connectivity index (χ4n) is 3.24. The molecular weight excluding hydrogens is 410 g/mol. The second-order valence-electron chi connectivity index (χ2n) is 7.40. The highest BCUT2D eigenvalue weighted by atomic mass is 32.1. The Bertz CT molecular complexity index is 1120. The van der Waals surface area contributed by atoms with Crippen LogP contribution in [0.3, 0.4) is 0 Å². The van der Waals surface area contributed by atoms with E-state index in [1.807, 2.05) is 66.9 Å².